The van der Waals surface area contributed by atoms with Crippen molar-refractivity contribution in [3.63, 3.8) is 0 Å². The summed E-state index contributed by atoms with van der Waals surface area (Å²) in [5.41, 5.74) is 7.04. The lowest BCUT2D eigenvalue weighted by Gasteiger charge is -2.18. The van der Waals surface area contributed by atoms with Crippen LogP contribution in [0.5, 0.6) is 0 Å². The van der Waals surface area contributed by atoms with Crippen molar-refractivity contribution in [1.29, 1.82) is 0 Å². The van der Waals surface area contributed by atoms with Crippen LogP contribution in [0.2, 0.25) is 0 Å². The fraction of sp³-hybridized carbons (Fsp3) is 0.500. The van der Waals surface area contributed by atoms with Crippen LogP contribution in [0.15, 0.2) is 0 Å². The van der Waals surface area contributed by atoms with Gasteiger partial charge in [-0.25, -0.2) is 0 Å². The molecule has 0 aliphatic rings. The molecule has 1 heterocycles. The first-order valence-electron chi connectivity index (χ1n) is 5.63. The van der Waals surface area contributed by atoms with Crippen molar-refractivity contribution in [2.24, 2.45) is 0 Å². The molecule has 17 heavy (non-hydrogen) atoms. The van der Waals surface area contributed by atoms with Gasteiger partial charge in [-0.05, 0) is 33.3 Å². The minimum Gasteiger partial charge on any atom is -0.390 e. The van der Waals surface area contributed by atoms with Gasteiger partial charge in [0.1, 0.15) is 0 Å². The molecule has 1 rings (SSSR count). The minimum atomic E-state index is -0.0891. The summed E-state index contributed by atoms with van der Waals surface area (Å²) in [6, 6.07) is 0. The maximum Gasteiger partial charge on any atom is 0.257 e. The first-order valence-corrected chi connectivity index (χ1v) is 6.44. The van der Waals surface area contributed by atoms with Gasteiger partial charge in [0.15, 0.2) is 5.78 Å². The maximum atomic E-state index is 12.2. The second-order valence-electron chi connectivity index (χ2n) is 3.83. The maximum absolute atomic E-state index is 12.2. The van der Waals surface area contributed by atoms with Crippen LogP contribution in [0.3, 0.4) is 0 Å². The molecule has 0 radical (unpaired) electrons. The number of thiophene rings is 1. The van der Waals surface area contributed by atoms with Crippen molar-refractivity contribution in [2.75, 3.05) is 18.8 Å². The summed E-state index contributed by atoms with van der Waals surface area (Å²) >= 11 is 1.20. The van der Waals surface area contributed by atoms with Gasteiger partial charge in [-0.1, -0.05) is 0 Å². The van der Waals surface area contributed by atoms with Gasteiger partial charge in [-0.2, -0.15) is 0 Å². The summed E-state index contributed by atoms with van der Waals surface area (Å²) in [5.74, 6) is -0.133. The molecular formula is C12H18N2O2S. The molecule has 0 bridgehead atoms. The summed E-state index contributed by atoms with van der Waals surface area (Å²) in [5, 5.41) is 0.435. The zero-order valence-electron chi connectivity index (χ0n) is 10.7. The molecule has 1 aromatic rings. The van der Waals surface area contributed by atoms with Gasteiger partial charge in [0.2, 0.25) is 0 Å². The van der Waals surface area contributed by atoms with Crippen LogP contribution >= 0.6 is 11.3 Å². The van der Waals surface area contributed by atoms with E-state index in [-0.39, 0.29) is 11.7 Å². The molecule has 0 fully saturated rings. The molecule has 2 N–H and O–H groups in total. The highest BCUT2D eigenvalue weighted by Crippen LogP contribution is 2.31. The molecule has 0 saturated carbocycles. The van der Waals surface area contributed by atoms with E-state index >= 15 is 0 Å². The van der Waals surface area contributed by atoms with Crippen LogP contribution in [0, 0.1) is 6.92 Å². The molecule has 4 nitrogen and oxygen atoms in total. The van der Waals surface area contributed by atoms with Gasteiger partial charge < -0.3 is 10.6 Å². The van der Waals surface area contributed by atoms with Crippen LogP contribution in [-0.2, 0) is 0 Å². The predicted molar refractivity (Wildman–Crippen MR) is 70.7 cm³/mol. The van der Waals surface area contributed by atoms with Crippen LogP contribution in [-0.4, -0.2) is 29.7 Å². The number of amides is 1. The van der Waals surface area contributed by atoms with E-state index in [2.05, 4.69) is 0 Å². The van der Waals surface area contributed by atoms with Crippen LogP contribution in [0.1, 0.15) is 46.4 Å². The Morgan fingerprint density at radius 1 is 1.29 bits per heavy atom. The second-order valence-corrected chi connectivity index (χ2v) is 4.88. The smallest absolute Gasteiger partial charge is 0.257 e. The topological polar surface area (TPSA) is 63.4 Å². The van der Waals surface area contributed by atoms with E-state index in [0.717, 1.165) is 0 Å². The van der Waals surface area contributed by atoms with E-state index in [9.17, 15) is 9.59 Å². The third-order valence-corrected chi connectivity index (χ3v) is 3.98. The number of hydrogen-bond acceptors (Lipinski definition) is 4. The van der Waals surface area contributed by atoms with Gasteiger partial charge >= 0.3 is 0 Å². The fourth-order valence-electron chi connectivity index (χ4n) is 1.81. The first kappa shape index (κ1) is 13.7. The summed E-state index contributed by atoms with van der Waals surface area (Å²) in [6.07, 6.45) is 0. The molecule has 0 spiro atoms. The lowest BCUT2D eigenvalue weighted by atomic mass is 10.1. The molecule has 0 aromatic carbocycles. The van der Waals surface area contributed by atoms with Crippen molar-refractivity contribution in [1.82, 2.24) is 4.90 Å². The Labute approximate surface area is 105 Å². The van der Waals surface area contributed by atoms with Gasteiger partial charge in [-0.15, -0.1) is 11.3 Å². The SMILES string of the molecule is CCN(CC)C(=O)c1c(N)sc(C(C)=O)c1C. The highest BCUT2D eigenvalue weighted by Gasteiger charge is 2.23. The quantitative estimate of drug-likeness (QED) is 0.839. The molecule has 0 aliphatic carbocycles. The van der Waals surface area contributed by atoms with Crippen LogP contribution < -0.4 is 5.73 Å². The molecule has 0 saturated heterocycles. The van der Waals surface area contributed by atoms with Crippen molar-refractivity contribution in [3.05, 3.63) is 16.0 Å². The molecule has 0 aliphatic heterocycles. The molecule has 5 heteroatoms. The highest BCUT2D eigenvalue weighted by atomic mass is 32.1. The minimum absolute atomic E-state index is 0.0437. The number of ketones is 1. The number of rotatable bonds is 4. The van der Waals surface area contributed by atoms with Gasteiger partial charge in [0.25, 0.3) is 5.91 Å². The van der Waals surface area contributed by atoms with Gasteiger partial charge in [0.05, 0.1) is 15.4 Å². The number of Topliss-reactive ketones (excluding diaryl/α,β-unsaturated/α-hetero) is 1. The number of nitrogens with zero attached hydrogens (tertiary/aromatic N) is 1. The Kier molecular flexibility index (Phi) is 4.28. The normalized spacial score (nSPS) is 10.4. The van der Waals surface area contributed by atoms with Gasteiger partial charge in [0, 0.05) is 13.1 Å². The van der Waals surface area contributed by atoms with Crippen molar-refractivity contribution in [3.8, 4) is 0 Å². The average molecular weight is 254 g/mol. The van der Waals surface area contributed by atoms with Crippen LogP contribution in [0.4, 0.5) is 5.00 Å². The van der Waals surface area contributed by atoms with E-state index < -0.39 is 0 Å². The Hall–Kier alpha value is -1.36. The number of nitrogens with two attached hydrogens (primary N) is 1. The van der Waals surface area contributed by atoms with E-state index in [1.165, 1.54) is 18.3 Å². The lowest BCUT2D eigenvalue weighted by molar-refractivity contribution is 0.0774. The predicted octanol–water partition coefficient (Wildman–Crippen LogP) is 2.32. The number of carbonyl (C=O) groups is 2. The second kappa shape index (κ2) is 5.31. The zero-order valence-corrected chi connectivity index (χ0v) is 11.5. The monoisotopic (exact) mass is 254 g/mol. The van der Waals surface area contributed by atoms with Crippen molar-refractivity contribution in [2.45, 2.75) is 27.7 Å². The Bertz CT molecular complexity index is 448. The average Bonchev–Trinajstić information content (AvgIpc) is 2.56. The third kappa shape index (κ3) is 2.49. The lowest BCUT2D eigenvalue weighted by Crippen LogP contribution is -2.31. The van der Waals surface area contributed by atoms with E-state index in [4.69, 9.17) is 5.73 Å². The molecule has 0 unspecified atom stereocenters. The molecule has 94 valence electrons. The van der Waals surface area contributed by atoms with E-state index in [1.807, 2.05) is 13.8 Å². The van der Waals surface area contributed by atoms with Gasteiger partial charge in [-0.3, -0.25) is 9.59 Å². The Morgan fingerprint density at radius 2 is 1.82 bits per heavy atom. The number of anilines is 1. The largest absolute Gasteiger partial charge is 0.390 e. The molecule has 0 atom stereocenters. The first-order chi connectivity index (χ1) is 7.93. The summed E-state index contributed by atoms with van der Waals surface area (Å²) in [7, 11) is 0. The van der Waals surface area contributed by atoms with Crippen molar-refractivity contribution >= 4 is 28.0 Å². The fourth-order valence-corrected chi connectivity index (χ4v) is 2.77. The summed E-state index contributed by atoms with van der Waals surface area (Å²) in [4.78, 5) is 25.9. The molecule has 1 amide bonds. The van der Waals surface area contributed by atoms with E-state index in [0.29, 0.717) is 34.1 Å². The molecule has 1 aromatic heterocycles. The summed E-state index contributed by atoms with van der Waals surface area (Å²) < 4.78 is 0. The number of carbonyl (C=O) groups excluding carboxylic acids is 2. The number of hydrogen-bond donors (Lipinski definition) is 1. The number of nitrogen functional groups attached to an aromatic ring is 1. The summed E-state index contributed by atoms with van der Waals surface area (Å²) in [6.45, 7) is 8.39. The Morgan fingerprint density at radius 3 is 2.18 bits per heavy atom. The van der Waals surface area contributed by atoms with Crippen LogP contribution in [0.25, 0.3) is 0 Å². The highest BCUT2D eigenvalue weighted by molar-refractivity contribution is 7.18. The van der Waals surface area contributed by atoms with E-state index in [1.54, 1.807) is 11.8 Å². The Balaban J connectivity index is 3.23. The van der Waals surface area contributed by atoms with Crippen molar-refractivity contribution < 1.29 is 9.59 Å². The molecular weight excluding hydrogens is 236 g/mol. The standard InChI is InChI=1S/C12H18N2O2S/c1-5-14(6-2)12(16)9-7(3)10(8(4)15)17-11(9)13/h5-6,13H2,1-4H3. The third-order valence-electron chi connectivity index (χ3n) is 2.76. The zero-order chi connectivity index (χ0) is 13.2.